The van der Waals surface area contributed by atoms with Gasteiger partial charge in [0, 0.05) is 30.9 Å². The minimum absolute atomic E-state index is 0.255. The lowest BCUT2D eigenvalue weighted by Gasteiger charge is -2.28. The number of carbonyl (C=O) groups is 1. The van der Waals surface area contributed by atoms with E-state index in [9.17, 15) is 4.79 Å². The molecule has 1 atom stereocenters. The van der Waals surface area contributed by atoms with Crippen molar-refractivity contribution in [1.82, 2.24) is 14.8 Å². The molecule has 0 aliphatic carbocycles. The Morgan fingerprint density at radius 2 is 2.30 bits per heavy atom. The van der Waals surface area contributed by atoms with Crippen molar-refractivity contribution in [3.05, 3.63) is 42.0 Å². The molecular formula is C15H18N6OS. The van der Waals surface area contributed by atoms with Crippen LogP contribution < -0.4 is 11.1 Å². The summed E-state index contributed by atoms with van der Waals surface area (Å²) in [5.41, 5.74) is 7.22. The van der Waals surface area contributed by atoms with Crippen molar-refractivity contribution in [2.24, 2.45) is 17.8 Å². The minimum Gasteiger partial charge on any atom is -0.379 e. The van der Waals surface area contributed by atoms with Gasteiger partial charge in [-0.1, -0.05) is 11.8 Å². The van der Waals surface area contributed by atoms with Crippen molar-refractivity contribution < 1.29 is 4.79 Å². The summed E-state index contributed by atoms with van der Waals surface area (Å²) in [7, 11) is 1.77. The lowest BCUT2D eigenvalue weighted by atomic mass is 9.94. The zero-order valence-corrected chi connectivity index (χ0v) is 13.8. The summed E-state index contributed by atoms with van der Waals surface area (Å²) in [5, 5.41) is 7.50. The lowest BCUT2D eigenvalue weighted by Crippen LogP contribution is -2.29. The fourth-order valence-electron chi connectivity index (χ4n) is 2.41. The summed E-state index contributed by atoms with van der Waals surface area (Å²) in [5.74, 6) is 0.646. The number of anilines is 1. The van der Waals surface area contributed by atoms with Crippen LogP contribution in [0.2, 0.25) is 0 Å². The fraction of sp³-hybridized carbons (Fsp3) is 0.333. The molecule has 1 amide bonds. The van der Waals surface area contributed by atoms with Crippen molar-refractivity contribution in [2.75, 3.05) is 11.1 Å². The molecule has 23 heavy (non-hydrogen) atoms. The van der Waals surface area contributed by atoms with Gasteiger partial charge < -0.3 is 11.1 Å². The highest BCUT2D eigenvalue weighted by Crippen LogP contribution is 2.34. The summed E-state index contributed by atoms with van der Waals surface area (Å²) < 4.78 is 1.59. The highest BCUT2D eigenvalue weighted by Gasteiger charge is 2.31. The average Bonchev–Trinajstić information content (AvgIpc) is 2.94. The monoisotopic (exact) mass is 330 g/mol. The van der Waals surface area contributed by atoms with E-state index in [1.54, 1.807) is 48.0 Å². The van der Waals surface area contributed by atoms with Gasteiger partial charge in [-0.25, -0.2) is 4.99 Å². The summed E-state index contributed by atoms with van der Waals surface area (Å²) in [6, 6.07) is 5.26. The third-order valence-corrected chi connectivity index (χ3v) is 4.51. The van der Waals surface area contributed by atoms with Gasteiger partial charge >= 0.3 is 0 Å². The number of hydrogen-bond donors (Lipinski definition) is 2. The predicted molar refractivity (Wildman–Crippen MR) is 91.4 cm³/mol. The van der Waals surface area contributed by atoms with Crippen molar-refractivity contribution in [2.45, 2.75) is 18.9 Å². The molecule has 7 nitrogen and oxygen atoms in total. The zero-order chi connectivity index (χ0) is 16.4. The first-order valence-corrected chi connectivity index (χ1v) is 8.20. The van der Waals surface area contributed by atoms with Crippen LogP contribution in [0.3, 0.4) is 0 Å². The maximum absolute atomic E-state index is 12.2. The van der Waals surface area contributed by atoms with Crippen LogP contribution in [0.15, 0.2) is 35.6 Å². The van der Waals surface area contributed by atoms with Gasteiger partial charge in [-0.3, -0.25) is 14.5 Å². The van der Waals surface area contributed by atoms with Crippen LogP contribution in [-0.2, 0) is 12.6 Å². The largest absolute Gasteiger partial charge is 0.379 e. The Kier molecular flexibility index (Phi) is 4.08. The van der Waals surface area contributed by atoms with Crippen LogP contribution >= 0.6 is 11.8 Å². The van der Waals surface area contributed by atoms with Gasteiger partial charge in [-0.2, -0.15) is 5.10 Å². The number of rotatable bonds is 3. The summed E-state index contributed by atoms with van der Waals surface area (Å²) in [4.78, 5) is 21.1. The number of nitrogens with one attached hydrogen (secondary N) is 1. The summed E-state index contributed by atoms with van der Waals surface area (Å²) in [6.07, 6.45) is 4.25. The average molecular weight is 330 g/mol. The Balaban J connectivity index is 1.83. The van der Waals surface area contributed by atoms with E-state index >= 15 is 0 Å². The molecule has 8 heteroatoms. The quantitative estimate of drug-likeness (QED) is 0.893. The number of hydrogen-bond acceptors (Lipinski definition) is 6. The fourth-order valence-corrected chi connectivity index (χ4v) is 3.38. The van der Waals surface area contributed by atoms with E-state index in [0.29, 0.717) is 16.5 Å². The third-order valence-electron chi connectivity index (χ3n) is 3.71. The van der Waals surface area contributed by atoms with Crippen molar-refractivity contribution in [1.29, 1.82) is 0 Å². The van der Waals surface area contributed by atoms with Gasteiger partial charge in [0.05, 0.1) is 5.69 Å². The number of aromatic nitrogens is 3. The second-order valence-corrected chi connectivity index (χ2v) is 6.70. The molecule has 0 aromatic carbocycles. The van der Waals surface area contributed by atoms with E-state index < -0.39 is 5.54 Å². The lowest BCUT2D eigenvalue weighted by molar-refractivity contribution is 0.102. The van der Waals surface area contributed by atoms with E-state index in [4.69, 9.17) is 5.73 Å². The molecule has 0 bridgehead atoms. The van der Waals surface area contributed by atoms with Crippen LogP contribution in [0.25, 0.3) is 0 Å². The molecule has 2 aromatic heterocycles. The first-order chi connectivity index (χ1) is 11.0. The van der Waals surface area contributed by atoms with E-state index in [2.05, 4.69) is 20.4 Å². The molecule has 0 saturated carbocycles. The normalized spacial score (nSPS) is 20.9. The number of amides is 1. The van der Waals surface area contributed by atoms with Gasteiger partial charge in [0.2, 0.25) is 0 Å². The van der Waals surface area contributed by atoms with Gasteiger partial charge in [0.15, 0.2) is 10.9 Å². The molecule has 3 heterocycles. The van der Waals surface area contributed by atoms with Crippen molar-refractivity contribution in [3.8, 4) is 0 Å². The van der Waals surface area contributed by atoms with E-state index in [1.807, 2.05) is 13.0 Å². The Labute approximate surface area is 138 Å². The summed E-state index contributed by atoms with van der Waals surface area (Å²) in [6.45, 7) is 2.01. The van der Waals surface area contributed by atoms with Crippen LogP contribution in [0, 0.1) is 0 Å². The van der Waals surface area contributed by atoms with Gasteiger partial charge in [-0.15, -0.1) is 0 Å². The SMILES string of the molecule is Cn1ccc(C(=O)Nc2ccnc([C@]3(C)CCSC(N)=N3)c2)n1. The van der Waals surface area contributed by atoms with E-state index in [0.717, 1.165) is 17.9 Å². The third kappa shape index (κ3) is 3.37. The second kappa shape index (κ2) is 6.04. The summed E-state index contributed by atoms with van der Waals surface area (Å²) >= 11 is 1.55. The van der Waals surface area contributed by atoms with E-state index in [-0.39, 0.29) is 5.91 Å². The Hall–Kier alpha value is -2.35. The molecule has 120 valence electrons. The second-order valence-electron chi connectivity index (χ2n) is 5.58. The Morgan fingerprint density at radius 1 is 1.48 bits per heavy atom. The molecule has 3 N–H and O–H groups in total. The number of pyridine rings is 1. The Morgan fingerprint density at radius 3 is 3.00 bits per heavy atom. The highest BCUT2D eigenvalue weighted by atomic mass is 32.2. The Bertz CT molecular complexity index is 771. The molecule has 0 spiro atoms. The van der Waals surface area contributed by atoms with Gasteiger partial charge in [-0.05, 0) is 31.5 Å². The van der Waals surface area contributed by atoms with Crippen LogP contribution in [0.1, 0.15) is 29.5 Å². The van der Waals surface area contributed by atoms with Gasteiger partial charge in [0.1, 0.15) is 5.54 Å². The molecule has 0 unspecified atom stereocenters. The standard InChI is InChI=1S/C15H18N6OS/c1-15(5-8-23-14(16)19-15)12-9-10(3-6-17-12)18-13(22)11-4-7-21(2)20-11/h3-4,6-7,9H,5,8H2,1-2H3,(H2,16,19)(H,17,18,22)/t15-/m0/s1. The number of amidine groups is 1. The maximum Gasteiger partial charge on any atom is 0.276 e. The molecule has 1 aliphatic heterocycles. The van der Waals surface area contributed by atoms with Crippen LogP contribution in [0.4, 0.5) is 5.69 Å². The van der Waals surface area contributed by atoms with Crippen molar-refractivity contribution in [3.63, 3.8) is 0 Å². The maximum atomic E-state index is 12.2. The highest BCUT2D eigenvalue weighted by molar-refractivity contribution is 8.13. The predicted octanol–water partition coefficient (Wildman–Crippen LogP) is 1.73. The smallest absolute Gasteiger partial charge is 0.276 e. The number of thioether (sulfide) groups is 1. The molecule has 0 radical (unpaired) electrons. The molecule has 3 rings (SSSR count). The van der Waals surface area contributed by atoms with E-state index in [1.165, 1.54) is 0 Å². The first kappa shape index (κ1) is 15.5. The number of aliphatic imine (C=N–C) groups is 1. The number of aryl methyl sites for hydroxylation is 1. The molecule has 0 fully saturated rings. The topological polar surface area (TPSA) is 98.2 Å². The number of carbonyl (C=O) groups excluding carboxylic acids is 1. The molecule has 1 aliphatic rings. The molecular weight excluding hydrogens is 312 g/mol. The first-order valence-electron chi connectivity index (χ1n) is 7.22. The minimum atomic E-state index is -0.457. The van der Waals surface area contributed by atoms with Crippen LogP contribution in [0.5, 0.6) is 0 Å². The zero-order valence-electron chi connectivity index (χ0n) is 13.0. The molecule has 2 aromatic rings. The number of nitrogens with zero attached hydrogens (tertiary/aromatic N) is 4. The molecule has 0 saturated heterocycles. The van der Waals surface area contributed by atoms with Crippen molar-refractivity contribution >= 4 is 28.5 Å². The number of nitrogens with two attached hydrogens (primary N) is 1. The van der Waals surface area contributed by atoms with Crippen LogP contribution in [-0.4, -0.2) is 31.6 Å². The van der Waals surface area contributed by atoms with Gasteiger partial charge in [0.25, 0.3) is 5.91 Å².